The smallest absolute Gasteiger partial charge is 0.408 e. The summed E-state index contributed by atoms with van der Waals surface area (Å²) < 4.78 is 9.90. The van der Waals surface area contributed by atoms with E-state index in [0.717, 1.165) is 19.3 Å². The van der Waals surface area contributed by atoms with Gasteiger partial charge in [0.15, 0.2) is 5.38 Å². The Morgan fingerprint density at radius 2 is 1.85 bits per heavy atom. The van der Waals surface area contributed by atoms with Gasteiger partial charge in [-0.2, -0.15) is 0 Å². The van der Waals surface area contributed by atoms with Crippen molar-refractivity contribution in [2.24, 2.45) is 0 Å². The van der Waals surface area contributed by atoms with E-state index in [0.29, 0.717) is 19.4 Å². The standard InChI is InChI=1S/C18H31ClN2O5/c1-6-7-8-11-21(18(9-10-18)14(19)15(23)25-5)13(22)12-20-16(24)26-17(2,3)4/h14H,6-12H2,1-5H3,(H,20,24). The summed E-state index contributed by atoms with van der Waals surface area (Å²) in [6.45, 7) is 7.61. The van der Waals surface area contributed by atoms with Crippen LogP contribution < -0.4 is 5.32 Å². The first kappa shape index (κ1) is 22.5. The number of ether oxygens (including phenoxy) is 2. The fraction of sp³-hybridized carbons (Fsp3) is 0.833. The Morgan fingerprint density at radius 3 is 2.31 bits per heavy atom. The Labute approximate surface area is 160 Å². The Hall–Kier alpha value is -1.50. The average Bonchev–Trinajstić information content (AvgIpc) is 3.35. The molecule has 26 heavy (non-hydrogen) atoms. The van der Waals surface area contributed by atoms with E-state index in [-0.39, 0.29) is 12.5 Å². The Balaban J connectivity index is 2.78. The van der Waals surface area contributed by atoms with E-state index in [1.165, 1.54) is 7.11 Å². The molecule has 1 aliphatic carbocycles. The van der Waals surface area contributed by atoms with Gasteiger partial charge in [-0.1, -0.05) is 19.8 Å². The quantitative estimate of drug-likeness (QED) is 0.371. The summed E-state index contributed by atoms with van der Waals surface area (Å²) in [4.78, 5) is 38.1. The van der Waals surface area contributed by atoms with Gasteiger partial charge in [-0.25, -0.2) is 4.79 Å². The molecule has 1 rings (SSSR count). The van der Waals surface area contributed by atoms with Crippen LogP contribution in [0.25, 0.3) is 0 Å². The molecular weight excluding hydrogens is 360 g/mol. The summed E-state index contributed by atoms with van der Waals surface area (Å²) in [5.74, 6) is -0.823. The lowest BCUT2D eigenvalue weighted by atomic mass is 10.1. The highest BCUT2D eigenvalue weighted by atomic mass is 35.5. The minimum Gasteiger partial charge on any atom is -0.468 e. The van der Waals surface area contributed by atoms with Gasteiger partial charge in [0.2, 0.25) is 5.91 Å². The molecule has 1 atom stereocenters. The van der Waals surface area contributed by atoms with Crippen molar-refractivity contribution < 1.29 is 23.9 Å². The highest BCUT2D eigenvalue weighted by Crippen LogP contribution is 2.47. The maximum absolute atomic E-state index is 12.8. The first-order valence-electron chi connectivity index (χ1n) is 9.06. The number of hydrogen-bond acceptors (Lipinski definition) is 5. The molecule has 1 aliphatic rings. The number of carbonyl (C=O) groups is 3. The zero-order chi connectivity index (χ0) is 20.0. The number of hydrogen-bond donors (Lipinski definition) is 1. The topological polar surface area (TPSA) is 84.9 Å². The van der Waals surface area contributed by atoms with Crippen molar-refractivity contribution in [1.82, 2.24) is 10.2 Å². The number of rotatable bonds is 9. The molecule has 1 saturated carbocycles. The fourth-order valence-corrected chi connectivity index (χ4v) is 3.21. The molecule has 0 aromatic heterocycles. The van der Waals surface area contributed by atoms with Crippen molar-refractivity contribution in [3.05, 3.63) is 0 Å². The van der Waals surface area contributed by atoms with Crippen LogP contribution in [-0.4, -0.2) is 59.6 Å². The molecule has 1 fully saturated rings. The zero-order valence-electron chi connectivity index (χ0n) is 16.4. The molecule has 0 aliphatic heterocycles. The van der Waals surface area contributed by atoms with Crippen molar-refractivity contribution in [2.45, 2.75) is 76.3 Å². The maximum Gasteiger partial charge on any atom is 0.408 e. The number of alkyl halides is 1. The molecule has 0 radical (unpaired) electrons. The minimum atomic E-state index is -0.917. The van der Waals surface area contributed by atoms with E-state index in [4.69, 9.17) is 21.1 Å². The van der Waals surface area contributed by atoms with Crippen molar-refractivity contribution in [1.29, 1.82) is 0 Å². The van der Waals surface area contributed by atoms with Gasteiger partial charge < -0.3 is 19.7 Å². The van der Waals surface area contributed by atoms with Gasteiger partial charge >= 0.3 is 12.1 Å². The molecule has 1 N–H and O–H groups in total. The molecule has 7 nitrogen and oxygen atoms in total. The van der Waals surface area contributed by atoms with Crippen molar-refractivity contribution >= 4 is 29.6 Å². The summed E-state index contributed by atoms with van der Waals surface area (Å²) in [5, 5.41) is 1.56. The molecule has 0 aromatic rings. The maximum atomic E-state index is 12.8. The van der Waals surface area contributed by atoms with Crippen molar-refractivity contribution in [3.8, 4) is 0 Å². The Morgan fingerprint density at radius 1 is 1.23 bits per heavy atom. The van der Waals surface area contributed by atoms with Gasteiger partial charge in [0.1, 0.15) is 12.1 Å². The van der Waals surface area contributed by atoms with Gasteiger partial charge in [0, 0.05) is 6.54 Å². The van der Waals surface area contributed by atoms with Crippen LogP contribution in [0, 0.1) is 0 Å². The first-order chi connectivity index (χ1) is 12.1. The third-order valence-corrected chi connectivity index (χ3v) is 4.83. The number of amides is 2. The van der Waals surface area contributed by atoms with E-state index in [1.807, 2.05) is 0 Å². The van der Waals surface area contributed by atoms with Crippen LogP contribution in [0.5, 0.6) is 0 Å². The number of alkyl carbamates (subject to hydrolysis) is 1. The summed E-state index contributed by atoms with van der Waals surface area (Å²) in [7, 11) is 1.28. The number of nitrogens with one attached hydrogen (secondary N) is 1. The van der Waals surface area contributed by atoms with Gasteiger partial charge in [-0.3, -0.25) is 9.59 Å². The summed E-state index contributed by atoms with van der Waals surface area (Å²) in [6, 6.07) is 0. The van der Waals surface area contributed by atoms with Crippen molar-refractivity contribution in [2.75, 3.05) is 20.2 Å². The van der Waals surface area contributed by atoms with Crippen LogP contribution in [0.2, 0.25) is 0 Å². The number of methoxy groups -OCH3 is 1. The predicted octanol–water partition coefficient (Wildman–Crippen LogP) is 2.84. The number of carbonyl (C=O) groups excluding carboxylic acids is 3. The lowest BCUT2D eigenvalue weighted by Crippen LogP contribution is -2.53. The van der Waals surface area contributed by atoms with Gasteiger partial charge in [-0.05, 0) is 40.0 Å². The second kappa shape index (κ2) is 9.44. The fourth-order valence-electron chi connectivity index (χ4n) is 2.78. The van der Waals surface area contributed by atoms with Gasteiger partial charge in [0.25, 0.3) is 0 Å². The monoisotopic (exact) mass is 390 g/mol. The molecule has 2 amide bonds. The Kier molecular flexibility index (Phi) is 8.18. The van der Waals surface area contributed by atoms with E-state index in [2.05, 4.69) is 12.2 Å². The second-order valence-electron chi connectivity index (χ2n) is 7.60. The van der Waals surface area contributed by atoms with E-state index < -0.39 is 28.6 Å². The highest BCUT2D eigenvalue weighted by molar-refractivity contribution is 6.31. The van der Waals surface area contributed by atoms with E-state index in [9.17, 15) is 14.4 Å². The van der Waals surface area contributed by atoms with Crippen LogP contribution >= 0.6 is 11.6 Å². The van der Waals surface area contributed by atoms with Crippen LogP contribution in [-0.2, 0) is 19.1 Å². The normalized spacial score (nSPS) is 16.4. The van der Waals surface area contributed by atoms with Crippen LogP contribution in [0.4, 0.5) is 4.79 Å². The van der Waals surface area contributed by atoms with Crippen molar-refractivity contribution in [3.63, 3.8) is 0 Å². The Bertz CT molecular complexity index is 514. The molecule has 0 spiro atoms. The number of halogens is 1. The van der Waals surface area contributed by atoms with E-state index in [1.54, 1.807) is 25.7 Å². The number of esters is 1. The lowest BCUT2D eigenvalue weighted by molar-refractivity contribution is -0.144. The number of unbranched alkanes of at least 4 members (excludes halogenated alkanes) is 2. The molecule has 0 aromatic carbocycles. The zero-order valence-corrected chi connectivity index (χ0v) is 17.1. The first-order valence-corrected chi connectivity index (χ1v) is 9.50. The van der Waals surface area contributed by atoms with Gasteiger partial charge in [-0.15, -0.1) is 11.6 Å². The largest absolute Gasteiger partial charge is 0.468 e. The SMILES string of the molecule is CCCCCN(C(=O)CNC(=O)OC(C)(C)C)C1(C(Cl)C(=O)OC)CC1. The minimum absolute atomic E-state index is 0.201. The number of nitrogens with zero attached hydrogens (tertiary/aromatic N) is 1. The summed E-state index contributed by atoms with van der Waals surface area (Å²) in [5.41, 5.74) is -1.37. The molecule has 8 heteroatoms. The molecular formula is C18H31ClN2O5. The lowest BCUT2D eigenvalue weighted by Gasteiger charge is -2.34. The third-order valence-electron chi connectivity index (χ3n) is 4.25. The average molecular weight is 391 g/mol. The van der Waals surface area contributed by atoms with Gasteiger partial charge in [0.05, 0.1) is 12.6 Å². The molecule has 0 saturated heterocycles. The summed E-state index contributed by atoms with van der Waals surface area (Å²) in [6.07, 6.45) is 3.40. The van der Waals surface area contributed by atoms with Crippen LogP contribution in [0.15, 0.2) is 0 Å². The molecule has 0 bridgehead atoms. The molecule has 0 heterocycles. The second-order valence-corrected chi connectivity index (χ2v) is 8.03. The third kappa shape index (κ3) is 6.34. The van der Waals surface area contributed by atoms with E-state index >= 15 is 0 Å². The highest BCUT2D eigenvalue weighted by Gasteiger charge is 2.58. The predicted molar refractivity (Wildman–Crippen MR) is 99.1 cm³/mol. The van der Waals surface area contributed by atoms with Crippen LogP contribution in [0.1, 0.15) is 59.8 Å². The molecule has 150 valence electrons. The molecule has 1 unspecified atom stereocenters. The van der Waals surface area contributed by atoms with Crippen LogP contribution in [0.3, 0.4) is 0 Å². The summed E-state index contributed by atoms with van der Waals surface area (Å²) >= 11 is 6.31.